The van der Waals surface area contributed by atoms with E-state index in [-0.39, 0.29) is 0 Å². The summed E-state index contributed by atoms with van der Waals surface area (Å²) < 4.78 is 0. The highest BCUT2D eigenvalue weighted by Gasteiger charge is 2.41. The maximum absolute atomic E-state index is 11.5. The van der Waals surface area contributed by atoms with Gasteiger partial charge in [0.25, 0.3) is 0 Å². The fourth-order valence-corrected chi connectivity index (χ4v) is 2.46. The summed E-state index contributed by atoms with van der Waals surface area (Å²) in [6, 6.07) is 4.00. The van der Waals surface area contributed by atoms with Gasteiger partial charge >= 0.3 is 5.97 Å². The van der Waals surface area contributed by atoms with E-state index < -0.39 is 11.5 Å². The molecule has 1 atom stereocenters. The van der Waals surface area contributed by atoms with Crippen molar-refractivity contribution < 1.29 is 9.90 Å². The minimum Gasteiger partial charge on any atom is -0.480 e. The standard InChI is InChI=1S/C14H20N2O2/c1-11-5-6-12(15-9-11)10-16-8-4-3-7-14(16,2)13(17)18/h5-6,9H,3-4,7-8,10H2,1-2H3,(H,17,18). The maximum atomic E-state index is 11.5. The van der Waals surface area contributed by atoms with Crippen LogP contribution in [0.2, 0.25) is 0 Å². The van der Waals surface area contributed by atoms with Crippen LogP contribution in [-0.4, -0.2) is 33.0 Å². The van der Waals surface area contributed by atoms with Crippen molar-refractivity contribution in [2.75, 3.05) is 6.54 Å². The Hall–Kier alpha value is -1.42. The van der Waals surface area contributed by atoms with Gasteiger partial charge in [0.15, 0.2) is 0 Å². The molecular weight excluding hydrogens is 228 g/mol. The highest BCUT2D eigenvalue weighted by molar-refractivity contribution is 5.78. The number of likely N-dealkylation sites (tertiary alicyclic amines) is 1. The van der Waals surface area contributed by atoms with E-state index >= 15 is 0 Å². The Kier molecular flexibility index (Phi) is 3.66. The summed E-state index contributed by atoms with van der Waals surface area (Å²) >= 11 is 0. The van der Waals surface area contributed by atoms with Crippen molar-refractivity contribution in [1.29, 1.82) is 0 Å². The van der Waals surface area contributed by atoms with E-state index in [1.54, 1.807) is 0 Å². The average molecular weight is 248 g/mol. The summed E-state index contributed by atoms with van der Waals surface area (Å²) in [6.45, 7) is 5.27. The van der Waals surface area contributed by atoms with Crippen LogP contribution in [-0.2, 0) is 11.3 Å². The van der Waals surface area contributed by atoms with Gasteiger partial charge in [0.05, 0.1) is 5.69 Å². The summed E-state index contributed by atoms with van der Waals surface area (Å²) in [7, 11) is 0. The van der Waals surface area contributed by atoms with Gasteiger partial charge in [-0.15, -0.1) is 0 Å². The monoisotopic (exact) mass is 248 g/mol. The van der Waals surface area contributed by atoms with Crippen molar-refractivity contribution in [3.8, 4) is 0 Å². The van der Waals surface area contributed by atoms with Crippen molar-refractivity contribution in [2.24, 2.45) is 0 Å². The first kappa shape index (κ1) is 13.0. The SMILES string of the molecule is Cc1ccc(CN2CCCCC2(C)C(=O)O)nc1. The number of carbonyl (C=O) groups is 1. The molecule has 1 aliphatic rings. The van der Waals surface area contributed by atoms with Crippen molar-refractivity contribution >= 4 is 5.97 Å². The first-order valence-corrected chi connectivity index (χ1v) is 6.42. The number of nitrogens with zero attached hydrogens (tertiary/aromatic N) is 2. The molecule has 0 saturated carbocycles. The average Bonchev–Trinajstić information content (AvgIpc) is 2.35. The molecule has 0 amide bonds. The molecule has 2 heterocycles. The Balaban J connectivity index is 2.15. The van der Waals surface area contributed by atoms with Gasteiger partial charge < -0.3 is 5.11 Å². The van der Waals surface area contributed by atoms with Crippen LogP contribution < -0.4 is 0 Å². The third-order valence-corrected chi connectivity index (χ3v) is 3.83. The fraction of sp³-hybridized carbons (Fsp3) is 0.571. The zero-order valence-electron chi connectivity index (χ0n) is 11.0. The van der Waals surface area contributed by atoms with E-state index in [9.17, 15) is 9.90 Å². The van der Waals surface area contributed by atoms with Crippen LogP contribution in [0, 0.1) is 6.92 Å². The van der Waals surface area contributed by atoms with Gasteiger partial charge in [-0.3, -0.25) is 14.7 Å². The molecule has 1 aromatic heterocycles. The van der Waals surface area contributed by atoms with Gasteiger partial charge in [0.2, 0.25) is 0 Å². The predicted octanol–water partition coefficient (Wildman–Crippen LogP) is 2.22. The van der Waals surface area contributed by atoms with Gasteiger partial charge in [0, 0.05) is 12.7 Å². The topological polar surface area (TPSA) is 53.4 Å². The second-order valence-corrected chi connectivity index (χ2v) is 5.28. The molecule has 1 aromatic rings. The molecule has 0 bridgehead atoms. The Morgan fingerprint density at radius 3 is 2.89 bits per heavy atom. The van der Waals surface area contributed by atoms with Crippen LogP contribution in [0.3, 0.4) is 0 Å². The van der Waals surface area contributed by atoms with Gasteiger partial charge in [-0.05, 0) is 51.3 Å². The number of aryl methyl sites for hydroxylation is 1. The number of piperidine rings is 1. The number of carboxylic acids is 1. The molecule has 0 aliphatic carbocycles. The molecular formula is C14H20N2O2. The number of carboxylic acid groups (broad SMARTS) is 1. The molecule has 1 saturated heterocycles. The van der Waals surface area contributed by atoms with Crippen LogP contribution in [0.15, 0.2) is 18.3 Å². The Bertz CT molecular complexity index is 430. The van der Waals surface area contributed by atoms with Crippen LogP contribution in [0.5, 0.6) is 0 Å². The first-order chi connectivity index (χ1) is 8.52. The molecule has 1 aliphatic heterocycles. The molecule has 4 nitrogen and oxygen atoms in total. The fourth-order valence-electron chi connectivity index (χ4n) is 2.46. The largest absolute Gasteiger partial charge is 0.480 e. The molecule has 98 valence electrons. The number of rotatable bonds is 3. The third-order valence-electron chi connectivity index (χ3n) is 3.83. The second kappa shape index (κ2) is 5.06. The Labute approximate surface area is 108 Å². The summed E-state index contributed by atoms with van der Waals surface area (Å²) in [6.07, 6.45) is 4.60. The van der Waals surface area contributed by atoms with Crippen molar-refractivity contribution in [1.82, 2.24) is 9.88 Å². The van der Waals surface area contributed by atoms with Crippen LogP contribution in [0.1, 0.15) is 37.4 Å². The van der Waals surface area contributed by atoms with Crippen molar-refractivity contribution in [3.05, 3.63) is 29.6 Å². The van der Waals surface area contributed by atoms with Gasteiger partial charge in [-0.1, -0.05) is 6.07 Å². The summed E-state index contributed by atoms with van der Waals surface area (Å²) in [5.41, 5.74) is 1.32. The highest BCUT2D eigenvalue weighted by atomic mass is 16.4. The second-order valence-electron chi connectivity index (χ2n) is 5.28. The highest BCUT2D eigenvalue weighted by Crippen LogP contribution is 2.29. The van der Waals surface area contributed by atoms with Gasteiger partial charge in [-0.2, -0.15) is 0 Å². The molecule has 2 rings (SSSR count). The molecule has 4 heteroatoms. The molecule has 1 fully saturated rings. The molecule has 0 aromatic carbocycles. The lowest BCUT2D eigenvalue weighted by Gasteiger charge is -2.41. The first-order valence-electron chi connectivity index (χ1n) is 6.42. The van der Waals surface area contributed by atoms with E-state index in [1.165, 1.54) is 0 Å². The summed E-state index contributed by atoms with van der Waals surface area (Å²) in [5.74, 6) is -0.727. The van der Waals surface area contributed by atoms with E-state index in [0.29, 0.717) is 13.0 Å². The zero-order valence-corrected chi connectivity index (χ0v) is 11.0. The normalized spacial score (nSPS) is 25.0. The number of pyridine rings is 1. The van der Waals surface area contributed by atoms with Crippen molar-refractivity contribution in [3.63, 3.8) is 0 Å². The van der Waals surface area contributed by atoms with Gasteiger partial charge in [-0.25, -0.2) is 0 Å². The molecule has 0 radical (unpaired) electrons. The lowest BCUT2D eigenvalue weighted by Crippen LogP contribution is -2.54. The molecule has 0 spiro atoms. The van der Waals surface area contributed by atoms with Crippen LogP contribution >= 0.6 is 0 Å². The number of hydrogen-bond donors (Lipinski definition) is 1. The van der Waals surface area contributed by atoms with Crippen LogP contribution in [0.25, 0.3) is 0 Å². The molecule has 18 heavy (non-hydrogen) atoms. The summed E-state index contributed by atoms with van der Waals surface area (Å²) in [5, 5.41) is 9.43. The smallest absolute Gasteiger partial charge is 0.323 e. The number of hydrogen-bond acceptors (Lipinski definition) is 3. The molecule has 1 unspecified atom stereocenters. The Morgan fingerprint density at radius 1 is 1.50 bits per heavy atom. The molecule has 1 N–H and O–H groups in total. The maximum Gasteiger partial charge on any atom is 0.323 e. The minimum atomic E-state index is -0.745. The summed E-state index contributed by atoms with van der Waals surface area (Å²) in [4.78, 5) is 17.9. The number of aliphatic carboxylic acids is 1. The minimum absolute atomic E-state index is 0.614. The van der Waals surface area contributed by atoms with Gasteiger partial charge in [0.1, 0.15) is 5.54 Å². The lowest BCUT2D eigenvalue weighted by atomic mass is 9.88. The van der Waals surface area contributed by atoms with E-state index in [1.807, 2.05) is 37.1 Å². The van der Waals surface area contributed by atoms with E-state index in [4.69, 9.17) is 0 Å². The Morgan fingerprint density at radius 2 is 2.28 bits per heavy atom. The lowest BCUT2D eigenvalue weighted by molar-refractivity contribution is -0.153. The third kappa shape index (κ3) is 2.53. The van der Waals surface area contributed by atoms with E-state index in [0.717, 1.165) is 30.6 Å². The quantitative estimate of drug-likeness (QED) is 0.891. The van der Waals surface area contributed by atoms with E-state index in [2.05, 4.69) is 4.98 Å². The van der Waals surface area contributed by atoms with Crippen LogP contribution in [0.4, 0.5) is 0 Å². The predicted molar refractivity (Wildman–Crippen MR) is 69.3 cm³/mol. The number of aromatic nitrogens is 1. The van der Waals surface area contributed by atoms with Crippen molar-refractivity contribution in [2.45, 2.75) is 45.2 Å². The zero-order chi connectivity index (χ0) is 13.2.